The van der Waals surface area contributed by atoms with Gasteiger partial charge in [-0.3, -0.25) is 14.9 Å². The molecule has 0 saturated heterocycles. The molecule has 0 aliphatic rings. The summed E-state index contributed by atoms with van der Waals surface area (Å²) in [5.41, 5.74) is 3.35. The number of rotatable bonds is 6. The summed E-state index contributed by atoms with van der Waals surface area (Å²) in [5, 5.41) is 18.9. The Kier molecular flexibility index (Phi) is 5.74. The first-order valence-corrected chi connectivity index (χ1v) is 9.95. The molecule has 1 amide bonds. The van der Waals surface area contributed by atoms with Crippen LogP contribution >= 0.6 is 11.6 Å². The molecule has 32 heavy (non-hydrogen) atoms. The number of anilines is 1. The second-order valence-electron chi connectivity index (χ2n) is 7.00. The van der Waals surface area contributed by atoms with Crippen LogP contribution in [0.2, 0.25) is 5.02 Å². The van der Waals surface area contributed by atoms with Crippen LogP contribution < -0.4 is 10.1 Å². The Labute approximate surface area is 187 Å². The number of fused-ring (bicyclic) bond motifs is 1. The van der Waals surface area contributed by atoms with Gasteiger partial charge in [0.1, 0.15) is 12.3 Å². The Balaban J connectivity index is 1.61. The van der Waals surface area contributed by atoms with Crippen molar-refractivity contribution in [2.24, 2.45) is 0 Å². The summed E-state index contributed by atoms with van der Waals surface area (Å²) in [5.74, 6) is 0.370. The molecule has 0 aliphatic carbocycles. The Hall–Kier alpha value is -3.98. The van der Waals surface area contributed by atoms with E-state index in [9.17, 15) is 14.9 Å². The van der Waals surface area contributed by atoms with Crippen molar-refractivity contribution < 1.29 is 14.5 Å². The number of methoxy groups -OCH3 is 1. The third-order valence-corrected chi connectivity index (χ3v) is 5.25. The molecule has 0 aliphatic heterocycles. The minimum Gasteiger partial charge on any atom is -0.497 e. The molecule has 0 spiro atoms. The number of hydrogen-bond acceptors (Lipinski definition) is 6. The van der Waals surface area contributed by atoms with Crippen LogP contribution in [0.5, 0.6) is 5.75 Å². The van der Waals surface area contributed by atoms with Crippen molar-refractivity contribution in [3.8, 4) is 16.9 Å². The van der Waals surface area contributed by atoms with Gasteiger partial charge < -0.3 is 10.1 Å². The van der Waals surface area contributed by atoms with E-state index in [0.29, 0.717) is 5.65 Å². The van der Waals surface area contributed by atoms with Gasteiger partial charge in [0, 0.05) is 23.7 Å². The molecule has 4 rings (SSSR count). The highest BCUT2D eigenvalue weighted by atomic mass is 35.5. The number of non-ortho nitro benzene ring substituents is 1. The number of aromatic nitrogens is 3. The van der Waals surface area contributed by atoms with Crippen LogP contribution in [-0.4, -0.2) is 32.7 Å². The molecule has 2 aromatic carbocycles. The lowest BCUT2D eigenvalue weighted by Gasteiger charge is -2.08. The van der Waals surface area contributed by atoms with E-state index in [1.165, 1.54) is 22.9 Å². The highest BCUT2D eigenvalue weighted by Crippen LogP contribution is 2.31. The highest BCUT2D eigenvalue weighted by molar-refractivity contribution is 6.34. The number of pyridine rings is 1. The van der Waals surface area contributed by atoms with Crippen molar-refractivity contribution in [1.29, 1.82) is 0 Å². The number of nitrogens with zero attached hydrogens (tertiary/aromatic N) is 4. The topological polar surface area (TPSA) is 112 Å². The van der Waals surface area contributed by atoms with Crippen LogP contribution in [0, 0.1) is 17.0 Å². The number of aryl methyl sites for hydroxylation is 1. The van der Waals surface area contributed by atoms with Crippen LogP contribution in [-0.2, 0) is 11.3 Å². The second-order valence-corrected chi connectivity index (χ2v) is 7.41. The molecule has 1 N–H and O–H groups in total. The van der Waals surface area contributed by atoms with Gasteiger partial charge >= 0.3 is 0 Å². The summed E-state index contributed by atoms with van der Waals surface area (Å²) in [6.07, 6.45) is 1.67. The minimum absolute atomic E-state index is 0.0778. The molecule has 0 radical (unpaired) electrons. The summed E-state index contributed by atoms with van der Waals surface area (Å²) >= 11 is 6.07. The number of ether oxygens (including phenoxy) is 1. The zero-order chi connectivity index (χ0) is 22.8. The number of nitro groups is 1. The fraction of sp³-hybridized carbons (Fsp3) is 0.136. The molecule has 0 saturated carbocycles. The average Bonchev–Trinajstić information content (AvgIpc) is 3.10. The molecule has 2 heterocycles. The van der Waals surface area contributed by atoms with E-state index < -0.39 is 4.92 Å². The maximum Gasteiger partial charge on any atom is 0.271 e. The standard InChI is InChI=1S/C22H18ClN5O4/c1-13-21-17(14-3-6-16(32-2)7-4-14)9-10-24-22(21)27(26-13)12-20(29)25-19-8-5-15(28(30)31)11-18(19)23/h3-11H,12H2,1-2H3,(H,25,29). The average molecular weight is 452 g/mol. The van der Waals surface area contributed by atoms with Crippen molar-refractivity contribution in [3.05, 3.63) is 75.6 Å². The quantitative estimate of drug-likeness (QED) is 0.338. The summed E-state index contributed by atoms with van der Waals surface area (Å²) < 4.78 is 6.74. The molecular formula is C22H18ClN5O4. The van der Waals surface area contributed by atoms with E-state index in [1.54, 1.807) is 13.3 Å². The van der Waals surface area contributed by atoms with Gasteiger partial charge in [-0.25, -0.2) is 9.67 Å². The van der Waals surface area contributed by atoms with Crippen molar-refractivity contribution >= 4 is 39.9 Å². The predicted octanol–water partition coefficient (Wildman–Crippen LogP) is 4.62. The number of benzene rings is 2. The Bertz CT molecular complexity index is 1330. The zero-order valence-corrected chi connectivity index (χ0v) is 18.0. The summed E-state index contributed by atoms with van der Waals surface area (Å²) in [6.45, 7) is 1.76. The van der Waals surface area contributed by atoms with E-state index in [1.807, 2.05) is 37.3 Å². The number of nitro benzene ring substituents is 1. The Morgan fingerprint density at radius 2 is 1.97 bits per heavy atom. The van der Waals surface area contributed by atoms with Crippen LogP contribution in [0.1, 0.15) is 5.69 Å². The van der Waals surface area contributed by atoms with Gasteiger partial charge in [0.25, 0.3) is 5.69 Å². The lowest BCUT2D eigenvalue weighted by Crippen LogP contribution is -2.20. The summed E-state index contributed by atoms with van der Waals surface area (Å²) in [7, 11) is 1.61. The maximum absolute atomic E-state index is 12.6. The van der Waals surface area contributed by atoms with E-state index in [0.717, 1.165) is 28.0 Å². The first-order valence-electron chi connectivity index (χ1n) is 9.57. The van der Waals surface area contributed by atoms with Gasteiger partial charge in [-0.05, 0) is 42.3 Å². The molecule has 0 unspecified atom stereocenters. The van der Waals surface area contributed by atoms with Crippen molar-refractivity contribution in [2.75, 3.05) is 12.4 Å². The first kappa shape index (κ1) is 21.3. The Morgan fingerprint density at radius 1 is 1.22 bits per heavy atom. The van der Waals surface area contributed by atoms with Crippen LogP contribution in [0.4, 0.5) is 11.4 Å². The smallest absolute Gasteiger partial charge is 0.271 e. The van der Waals surface area contributed by atoms with E-state index >= 15 is 0 Å². The molecule has 0 bridgehead atoms. The molecular weight excluding hydrogens is 434 g/mol. The monoisotopic (exact) mass is 451 g/mol. The molecule has 0 fully saturated rings. The number of hydrogen-bond donors (Lipinski definition) is 1. The van der Waals surface area contributed by atoms with Crippen molar-refractivity contribution in [1.82, 2.24) is 14.8 Å². The highest BCUT2D eigenvalue weighted by Gasteiger charge is 2.17. The zero-order valence-electron chi connectivity index (χ0n) is 17.2. The summed E-state index contributed by atoms with van der Waals surface area (Å²) in [6, 6.07) is 13.4. The van der Waals surface area contributed by atoms with Gasteiger partial charge in [-0.15, -0.1) is 0 Å². The molecule has 2 aromatic heterocycles. The minimum atomic E-state index is -0.553. The molecule has 10 heteroatoms. The van der Waals surface area contributed by atoms with Crippen LogP contribution in [0.15, 0.2) is 54.7 Å². The third-order valence-electron chi connectivity index (χ3n) is 4.94. The Morgan fingerprint density at radius 3 is 2.62 bits per heavy atom. The van der Waals surface area contributed by atoms with Gasteiger partial charge in [0.05, 0.1) is 28.4 Å². The van der Waals surface area contributed by atoms with E-state index in [-0.39, 0.29) is 28.8 Å². The number of carbonyl (C=O) groups is 1. The fourth-order valence-electron chi connectivity index (χ4n) is 3.45. The second kappa shape index (κ2) is 8.64. The van der Waals surface area contributed by atoms with E-state index in [4.69, 9.17) is 16.3 Å². The molecule has 9 nitrogen and oxygen atoms in total. The lowest BCUT2D eigenvalue weighted by atomic mass is 10.0. The molecule has 4 aromatic rings. The van der Waals surface area contributed by atoms with E-state index in [2.05, 4.69) is 15.4 Å². The number of halogens is 1. The normalized spacial score (nSPS) is 10.8. The SMILES string of the molecule is COc1ccc(-c2ccnc3c2c(C)nn3CC(=O)Nc2ccc([N+](=O)[O-])cc2Cl)cc1. The lowest BCUT2D eigenvalue weighted by molar-refractivity contribution is -0.384. The maximum atomic E-state index is 12.6. The first-order chi connectivity index (χ1) is 15.4. The van der Waals surface area contributed by atoms with Crippen molar-refractivity contribution in [2.45, 2.75) is 13.5 Å². The number of amides is 1. The fourth-order valence-corrected chi connectivity index (χ4v) is 3.67. The number of carbonyl (C=O) groups excluding carboxylic acids is 1. The van der Waals surface area contributed by atoms with Crippen molar-refractivity contribution in [3.63, 3.8) is 0 Å². The molecule has 0 atom stereocenters. The third kappa shape index (κ3) is 4.10. The summed E-state index contributed by atoms with van der Waals surface area (Å²) in [4.78, 5) is 27.3. The predicted molar refractivity (Wildman–Crippen MR) is 121 cm³/mol. The van der Waals surface area contributed by atoms with Crippen LogP contribution in [0.25, 0.3) is 22.2 Å². The van der Waals surface area contributed by atoms with Gasteiger partial charge in [-0.1, -0.05) is 23.7 Å². The largest absolute Gasteiger partial charge is 0.497 e. The van der Waals surface area contributed by atoms with Gasteiger partial charge in [0.2, 0.25) is 5.91 Å². The number of nitrogens with one attached hydrogen (secondary N) is 1. The van der Waals surface area contributed by atoms with Crippen LogP contribution in [0.3, 0.4) is 0 Å². The van der Waals surface area contributed by atoms with Gasteiger partial charge in [0.15, 0.2) is 5.65 Å². The molecule has 162 valence electrons. The van der Waals surface area contributed by atoms with Gasteiger partial charge in [-0.2, -0.15) is 5.10 Å².